The summed E-state index contributed by atoms with van der Waals surface area (Å²) in [5.41, 5.74) is 7.30. The standard InChI is InChI=1S/C10H11ClN2O/c1-2-7(12)10-13-8-5-6(11)3-4-9(8)14-10/h3-5,7H,2,12H2,1H3. The van der Waals surface area contributed by atoms with Crippen molar-refractivity contribution in [1.82, 2.24) is 4.98 Å². The summed E-state index contributed by atoms with van der Waals surface area (Å²) < 4.78 is 5.48. The summed E-state index contributed by atoms with van der Waals surface area (Å²) in [6.45, 7) is 1.99. The number of fused-ring (bicyclic) bond motifs is 1. The molecule has 0 aliphatic heterocycles. The van der Waals surface area contributed by atoms with Gasteiger partial charge in [0.2, 0.25) is 5.89 Å². The van der Waals surface area contributed by atoms with E-state index in [9.17, 15) is 0 Å². The number of halogens is 1. The fraction of sp³-hybridized carbons (Fsp3) is 0.300. The predicted octanol–water partition coefficient (Wildman–Crippen LogP) is 2.89. The molecule has 74 valence electrons. The van der Waals surface area contributed by atoms with Gasteiger partial charge in [-0.2, -0.15) is 0 Å². The maximum Gasteiger partial charge on any atom is 0.212 e. The highest BCUT2D eigenvalue weighted by Gasteiger charge is 2.11. The van der Waals surface area contributed by atoms with Crippen LogP contribution in [-0.4, -0.2) is 4.98 Å². The Labute approximate surface area is 86.9 Å². The van der Waals surface area contributed by atoms with Gasteiger partial charge < -0.3 is 10.2 Å². The number of benzene rings is 1. The Balaban J connectivity index is 2.51. The highest BCUT2D eigenvalue weighted by atomic mass is 35.5. The molecule has 0 saturated heterocycles. The number of nitrogens with two attached hydrogens (primary N) is 1. The quantitative estimate of drug-likeness (QED) is 0.829. The molecule has 2 aromatic rings. The minimum atomic E-state index is -0.138. The summed E-state index contributed by atoms with van der Waals surface area (Å²) in [5.74, 6) is 0.574. The van der Waals surface area contributed by atoms with Crippen molar-refractivity contribution in [3.8, 4) is 0 Å². The van der Waals surface area contributed by atoms with Gasteiger partial charge in [-0.15, -0.1) is 0 Å². The van der Waals surface area contributed by atoms with E-state index in [0.717, 1.165) is 17.5 Å². The summed E-state index contributed by atoms with van der Waals surface area (Å²) >= 11 is 5.83. The minimum Gasteiger partial charge on any atom is -0.439 e. The van der Waals surface area contributed by atoms with Crippen molar-refractivity contribution in [3.05, 3.63) is 29.1 Å². The number of aromatic nitrogens is 1. The highest BCUT2D eigenvalue weighted by molar-refractivity contribution is 6.31. The smallest absolute Gasteiger partial charge is 0.212 e. The largest absolute Gasteiger partial charge is 0.439 e. The van der Waals surface area contributed by atoms with Crippen LogP contribution in [0.4, 0.5) is 0 Å². The van der Waals surface area contributed by atoms with Crippen LogP contribution < -0.4 is 5.73 Å². The Morgan fingerprint density at radius 1 is 1.57 bits per heavy atom. The molecule has 0 fully saturated rings. The second-order valence-corrected chi connectivity index (χ2v) is 3.62. The Bertz CT molecular complexity index is 452. The fourth-order valence-corrected chi connectivity index (χ4v) is 1.42. The third-order valence-electron chi connectivity index (χ3n) is 2.12. The van der Waals surface area contributed by atoms with Crippen LogP contribution in [0.3, 0.4) is 0 Å². The van der Waals surface area contributed by atoms with Gasteiger partial charge in [0.05, 0.1) is 6.04 Å². The Morgan fingerprint density at radius 2 is 2.36 bits per heavy atom. The second kappa shape index (κ2) is 3.59. The van der Waals surface area contributed by atoms with Crippen LogP contribution in [0.5, 0.6) is 0 Å². The summed E-state index contributed by atoms with van der Waals surface area (Å²) in [5, 5.41) is 0.655. The maximum atomic E-state index is 5.83. The Kier molecular flexibility index (Phi) is 2.44. The molecule has 1 aromatic carbocycles. The molecule has 0 saturated carbocycles. The summed E-state index contributed by atoms with van der Waals surface area (Å²) in [4.78, 5) is 4.27. The topological polar surface area (TPSA) is 52.0 Å². The average Bonchev–Trinajstić information content (AvgIpc) is 2.59. The van der Waals surface area contributed by atoms with E-state index in [4.69, 9.17) is 21.8 Å². The lowest BCUT2D eigenvalue weighted by molar-refractivity contribution is 0.469. The molecule has 0 spiro atoms. The lowest BCUT2D eigenvalue weighted by atomic mass is 10.2. The van der Waals surface area contributed by atoms with E-state index in [1.165, 1.54) is 0 Å². The molecule has 0 radical (unpaired) electrons. The first kappa shape index (κ1) is 9.49. The SMILES string of the molecule is CCC(N)c1nc2cc(Cl)ccc2o1. The van der Waals surface area contributed by atoms with Crippen LogP contribution in [0, 0.1) is 0 Å². The van der Waals surface area contributed by atoms with Crippen molar-refractivity contribution in [3.63, 3.8) is 0 Å². The first-order chi connectivity index (χ1) is 6.70. The van der Waals surface area contributed by atoms with E-state index >= 15 is 0 Å². The zero-order chi connectivity index (χ0) is 10.1. The van der Waals surface area contributed by atoms with Crippen molar-refractivity contribution >= 4 is 22.7 Å². The van der Waals surface area contributed by atoms with Gasteiger partial charge in [-0.05, 0) is 24.6 Å². The molecule has 1 atom stereocenters. The van der Waals surface area contributed by atoms with Gasteiger partial charge in [-0.1, -0.05) is 18.5 Å². The van der Waals surface area contributed by atoms with Gasteiger partial charge in [-0.25, -0.2) is 4.98 Å². The van der Waals surface area contributed by atoms with Gasteiger partial charge in [0, 0.05) is 5.02 Å². The van der Waals surface area contributed by atoms with Gasteiger partial charge >= 0.3 is 0 Å². The molecule has 1 aromatic heterocycles. The molecule has 0 aliphatic rings. The van der Waals surface area contributed by atoms with E-state index in [2.05, 4.69) is 4.98 Å². The van der Waals surface area contributed by atoms with Crippen LogP contribution in [0.2, 0.25) is 5.02 Å². The number of oxazole rings is 1. The molecule has 2 rings (SSSR count). The zero-order valence-electron chi connectivity index (χ0n) is 7.83. The summed E-state index contributed by atoms with van der Waals surface area (Å²) in [6, 6.07) is 5.21. The molecule has 1 heterocycles. The molecule has 0 amide bonds. The van der Waals surface area contributed by atoms with E-state index in [1.807, 2.05) is 6.92 Å². The molecule has 4 heteroatoms. The lowest BCUT2D eigenvalue weighted by Crippen LogP contribution is -2.08. The van der Waals surface area contributed by atoms with Gasteiger partial charge in [0.15, 0.2) is 5.58 Å². The third-order valence-corrected chi connectivity index (χ3v) is 2.36. The van der Waals surface area contributed by atoms with Crippen molar-refractivity contribution in [2.75, 3.05) is 0 Å². The van der Waals surface area contributed by atoms with Gasteiger partial charge in [0.1, 0.15) is 5.52 Å². The van der Waals surface area contributed by atoms with E-state index in [1.54, 1.807) is 18.2 Å². The first-order valence-corrected chi connectivity index (χ1v) is 4.90. The maximum absolute atomic E-state index is 5.83. The number of nitrogens with zero attached hydrogens (tertiary/aromatic N) is 1. The monoisotopic (exact) mass is 210 g/mol. The first-order valence-electron chi connectivity index (χ1n) is 4.52. The highest BCUT2D eigenvalue weighted by Crippen LogP contribution is 2.23. The van der Waals surface area contributed by atoms with Crippen LogP contribution in [0.15, 0.2) is 22.6 Å². The van der Waals surface area contributed by atoms with Crippen molar-refractivity contribution in [2.24, 2.45) is 5.73 Å². The van der Waals surface area contributed by atoms with Crippen molar-refractivity contribution < 1.29 is 4.42 Å². The summed E-state index contributed by atoms with van der Waals surface area (Å²) in [6.07, 6.45) is 0.806. The van der Waals surface area contributed by atoms with Gasteiger partial charge in [-0.3, -0.25) is 0 Å². The molecule has 3 nitrogen and oxygen atoms in total. The van der Waals surface area contributed by atoms with Crippen LogP contribution in [0.1, 0.15) is 25.3 Å². The predicted molar refractivity (Wildman–Crippen MR) is 56.2 cm³/mol. The summed E-state index contributed by atoms with van der Waals surface area (Å²) in [7, 11) is 0. The normalized spacial score (nSPS) is 13.4. The zero-order valence-corrected chi connectivity index (χ0v) is 8.58. The van der Waals surface area contributed by atoms with E-state index in [-0.39, 0.29) is 6.04 Å². The fourth-order valence-electron chi connectivity index (χ4n) is 1.25. The van der Waals surface area contributed by atoms with E-state index < -0.39 is 0 Å². The van der Waals surface area contributed by atoms with E-state index in [0.29, 0.717) is 10.9 Å². The van der Waals surface area contributed by atoms with Crippen LogP contribution >= 0.6 is 11.6 Å². The molecule has 0 bridgehead atoms. The Hall–Kier alpha value is -1.06. The molecule has 2 N–H and O–H groups in total. The lowest BCUT2D eigenvalue weighted by Gasteiger charge is -2.00. The number of hydrogen-bond acceptors (Lipinski definition) is 3. The van der Waals surface area contributed by atoms with Crippen molar-refractivity contribution in [2.45, 2.75) is 19.4 Å². The molecule has 0 aliphatic carbocycles. The minimum absolute atomic E-state index is 0.138. The Morgan fingerprint density at radius 3 is 3.07 bits per heavy atom. The van der Waals surface area contributed by atoms with Crippen LogP contribution in [-0.2, 0) is 0 Å². The molecule has 1 unspecified atom stereocenters. The average molecular weight is 211 g/mol. The number of hydrogen-bond donors (Lipinski definition) is 1. The van der Waals surface area contributed by atoms with Crippen molar-refractivity contribution in [1.29, 1.82) is 0 Å². The molecular weight excluding hydrogens is 200 g/mol. The molecule has 14 heavy (non-hydrogen) atoms. The molecular formula is C10H11ClN2O. The van der Waals surface area contributed by atoms with Crippen LogP contribution in [0.25, 0.3) is 11.1 Å². The van der Waals surface area contributed by atoms with Gasteiger partial charge in [0.25, 0.3) is 0 Å². The number of rotatable bonds is 2. The third kappa shape index (κ3) is 1.61. The second-order valence-electron chi connectivity index (χ2n) is 3.18.